The van der Waals surface area contributed by atoms with Crippen LogP contribution in [0.15, 0.2) is 24.3 Å². The smallest absolute Gasteiger partial charge is 0.409 e. The predicted molar refractivity (Wildman–Crippen MR) is 181 cm³/mol. The van der Waals surface area contributed by atoms with Gasteiger partial charge in [-0.3, -0.25) is 0 Å². The zero-order valence-corrected chi connectivity index (χ0v) is 29.6. The minimum Gasteiger partial charge on any atom is -0.450 e. The molecule has 1 aliphatic carbocycles. The number of amides is 3. The average Bonchev–Trinajstić information content (AvgIpc) is 2.96. The number of benzene rings is 1. The highest BCUT2D eigenvalue weighted by atomic mass is 35.5. The molecule has 8 nitrogen and oxygen atoms in total. The van der Waals surface area contributed by atoms with E-state index in [1.54, 1.807) is 24.9 Å². The van der Waals surface area contributed by atoms with E-state index in [9.17, 15) is 19.8 Å². The number of hydrogen-bond donors (Lipinski definition) is 3. The molecule has 0 bridgehead atoms. The fourth-order valence-electron chi connectivity index (χ4n) is 6.79. The SMILES string of the molecule is CC(O)CCC[C@@](O)(c1cccc(Cl)c1)[C@@H]1CCCN(C(=O)NC(CC2CCCCC2)CN(C)C(=O)OCC[Si](C)(C)C)C1. The first-order chi connectivity index (χ1) is 20.8. The van der Waals surface area contributed by atoms with E-state index in [1.807, 2.05) is 23.1 Å². The van der Waals surface area contributed by atoms with Gasteiger partial charge in [-0.25, -0.2) is 9.59 Å². The number of carbonyl (C=O) groups excluding carboxylic acids is 2. The largest absolute Gasteiger partial charge is 0.450 e. The number of aliphatic hydroxyl groups excluding tert-OH is 1. The summed E-state index contributed by atoms with van der Waals surface area (Å²) in [7, 11) is 0.444. The van der Waals surface area contributed by atoms with Gasteiger partial charge in [-0.1, -0.05) is 75.5 Å². The van der Waals surface area contributed by atoms with E-state index in [-0.39, 0.29) is 24.1 Å². The number of likely N-dealkylation sites (N-methyl/N-ethyl adjacent to an activating group) is 1. The van der Waals surface area contributed by atoms with Gasteiger partial charge in [0.25, 0.3) is 0 Å². The van der Waals surface area contributed by atoms with Gasteiger partial charge in [-0.2, -0.15) is 0 Å². The van der Waals surface area contributed by atoms with Crippen molar-refractivity contribution in [2.75, 3.05) is 33.3 Å². The lowest BCUT2D eigenvalue weighted by molar-refractivity contribution is -0.0570. The summed E-state index contributed by atoms with van der Waals surface area (Å²) in [6.45, 7) is 10.4. The topological polar surface area (TPSA) is 102 Å². The van der Waals surface area contributed by atoms with Gasteiger partial charge < -0.3 is 30.1 Å². The molecule has 1 aromatic carbocycles. The number of nitrogens with zero attached hydrogens (tertiary/aromatic N) is 2. The van der Waals surface area contributed by atoms with E-state index in [0.29, 0.717) is 56.4 Å². The van der Waals surface area contributed by atoms with Gasteiger partial charge in [0.15, 0.2) is 0 Å². The number of ether oxygens (including phenoxy) is 1. The fourth-order valence-corrected chi connectivity index (χ4v) is 7.70. The highest BCUT2D eigenvalue weighted by Gasteiger charge is 2.41. The second-order valence-electron chi connectivity index (χ2n) is 14.7. The van der Waals surface area contributed by atoms with Gasteiger partial charge in [-0.05, 0) is 75.1 Å². The van der Waals surface area contributed by atoms with Crippen LogP contribution in [0, 0.1) is 11.8 Å². The van der Waals surface area contributed by atoms with Crippen LogP contribution in [-0.2, 0) is 10.3 Å². The molecule has 1 heterocycles. The first-order valence-corrected chi connectivity index (χ1v) is 20.9. The summed E-state index contributed by atoms with van der Waals surface area (Å²) < 4.78 is 5.59. The zero-order valence-electron chi connectivity index (χ0n) is 27.8. The van der Waals surface area contributed by atoms with Crippen LogP contribution < -0.4 is 5.32 Å². The summed E-state index contributed by atoms with van der Waals surface area (Å²) in [5, 5.41) is 25.9. The van der Waals surface area contributed by atoms with Crippen molar-refractivity contribution in [1.29, 1.82) is 0 Å². The molecule has 1 aromatic rings. The van der Waals surface area contributed by atoms with Gasteiger partial charge in [0.1, 0.15) is 0 Å². The quantitative estimate of drug-likeness (QED) is 0.184. The highest BCUT2D eigenvalue weighted by Crippen LogP contribution is 2.40. The molecule has 1 saturated heterocycles. The number of urea groups is 1. The second-order valence-corrected chi connectivity index (χ2v) is 20.7. The van der Waals surface area contributed by atoms with E-state index in [0.717, 1.165) is 43.7 Å². The Morgan fingerprint density at radius 1 is 1.18 bits per heavy atom. The lowest BCUT2D eigenvalue weighted by Gasteiger charge is -2.43. The van der Waals surface area contributed by atoms with Crippen LogP contribution in [0.1, 0.15) is 83.1 Å². The molecule has 1 saturated carbocycles. The summed E-state index contributed by atoms with van der Waals surface area (Å²) in [6, 6.07) is 7.98. The number of likely N-dealkylation sites (tertiary alicyclic amines) is 1. The maximum atomic E-state index is 13.8. The van der Waals surface area contributed by atoms with Crippen molar-refractivity contribution in [2.45, 2.75) is 121 Å². The third-order valence-corrected chi connectivity index (χ3v) is 11.4. The van der Waals surface area contributed by atoms with Gasteiger partial charge in [0.05, 0.1) is 18.3 Å². The summed E-state index contributed by atoms with van der Waals surface area (Å²) in [6.07, 6.45) is 9.36. The molecule has 2 aliphatic rings. The molecule has 2 fully saturated rings. The van der Waals surface area contributed by atoms with Crippen molar-refractivity contribution >= 4 is 31.8 Å². The molecule has 250 valence electrons. The molecular formula is C34H58ClN3O5Si. The molecule has 44 heavy (non-hydrogen) atoms. The van der Waals surface area contributed by atoms with Gasteiger partial charge in [0.2, 0.25) is 0 Å². The standard InChI is InChI=1S/C34H58ClN3O5Si/c1-26(39)12-10-18-34(42,28-15-9-17-30(35)23-28)29-16-11-19-38(24-29)32(40)36-31(22-27-13-7-6-8-14-27)25-37(2)33(41)43-20-21-44(3,4)5/h9,15,17,23,26-27,29,31,39,42H,6-8,10-14,16,18-22,24-25H2,1-5H3,(H,36,40)/t26?,29-,31?,34-/m1/s1. The van der Waals surface area contributed by atoms with E-state index < -0.39 is 19.8 Å². The van der Waals surface area contributed by atoms with Crippen LogP contribution >= 0.6 is 11.6 Å². The molecule has 4 atom stereocenters. The first-order valence-electron chi connectivity index (χ1n) is 16.9. The van der Waals surface area contributed by atoms with Gasteiger partial charge in [-0.15, -0.1) is 0 Å². The van der Waals surface area contributed by atoms with Crippen molar-refractivity contribution in [3.63, 3.8) is 0 Å². The molecule has 3 rings (SSSR count). The average molecular weight is 652 g/mol. The van der Waals surface area contributed by atoms with Crippen molar-refractivity contribution in [2.24, 2.45) is 11.8 Å². The number of rotatable bonds is 14. The third-order valence-electron chi connectivity index (χ3n) is 9.44. The van der Waals surface area contributed by atoms with Crippen molar-refractivity contribution in [3.8, 4) is 0 Å². The first kappa shape index (κ1) is 36.7. The van der Waals surface area contributed by atoms with E-state index in [1.165, 1.54) is 19.3 Å². The number of carbonyl (C=O) groups is 2. The van der Waals surface area contributed by atoms with Crippen molar-refractivity contribution in [3.05, 3.63) is 34.9 Å². The normalized spacial score (nSPS) is 20.8. The summed E-state index contributed by atoms with van der Waals surface area (Å²) in [5.41, 5.74) is -0.410. The van der Waals surface area contributed by atoms with Gasteiger partial charge in [0, 0.05) is 51.7 Å². The number of piperidine rings is 1. The number of nitrogens with one attached hydrogen (secondary N) is 1. The van der Waals surface area contributed by atoms with E-state index in [4.69, 9.17) is 16.3 Å². The minimum absolute atomic E-state index is 0.145. The number of aliphatic hydroxyl groups is 2. The maximum absolute atomic E-state index is 13.8. The molecule has 2 unspecified atom stereocenters. The Bertz CT molecular complexity index is 1050. The van der Waals surface area contributed by atoms with Crippen LogP contribution in [-0.4, -0.2) is 85.6 Å². The van der Waals surface area contributed by atoms with Crippen LogP contribution in [0.5, 0.6) is 0 Å². The molecule has 0 aromatic heterocycles. The maximum Gasteiger partial charge on any atom is 0.409 e. The number of hydrogen-bond acceptors (Lipinski definition) is 5. The molecule has 3 amide bonds. The molecular weight excluding hydrogens is 594 g/mol. The Morgan fingerprint density at radius 2 is 1.91 bits per heavy atom. The Kier molecular flexibility index (Phi) is 14.3. The second kappa shape index (κ2) is 17.2. The van der Waals surface area contributed by atoms with Crippen LogP contribution in [0.4, 0.5) is 9.59 Å². The Morgan fingerprint density at radius 3 is 2.57 bits per heavy atom. The van der Waals surface area contributed by atoms with Crippen LogP contribution in [0.3, 0.4) is 0 Å². The minimum atomic E-state index is -1.31. The third kappa shape index (κ3) is 11.8. The number of halogens is 1. The zero-order chi connectivity index (χ0) is 32.3. The Hall–Kier alpha value is -1.81. The van der Waals surface area contributed by atoms with E-state index in [2.05, 4.69) is 25.0 Å². The monoisotopic (exact) mass is 651 g/mol. The lowest BCUT2D eigenvalue weighted by atomic mass is 9.74. The Labute approximate surface area is 271 Å². The molecule has 0 radical (unpaired) electrons. The lowest BCUT2D eigenvalue weighted by Crippen LogP contribution is -2.54. The summed E-state index contributed by atoms with van der Waals surface area (Å²) in [5.74, 6) is 0.358. The van der Waals surface area contributed by atoms with Crippen LogP contribution in [0.25, 0.3) is 0 Å². The molecule has 0 spiro atoms. The van der Waals surface area contributed by atoms with Crippen molar-refractivity contribution in [1.82, 2.24) is 15.1 Å². The highest BCUT2D eigenvalue weighted by molar-refractivity contribution is 6.76. The fraction of sp³-hybridized carbons (Fsp3) is 0.765. The molecule has 10 heteroatoms. The van der Waals surface area contributed by atoms with Crippen LogP contribution in [0.2, 0.25) is 30.7 Å². The molecule has 1 aliphatic heterocycles. The Balaban J connectivity index is 1.70. The summed E-state index contributed by atoms with van der Waals surface area (Å²) >= 11 is 6.34. The summed E-state index contributed by atoms with van der Waals surface area (Å²) in [4.78, 5) is 30.1. The predicted octanol–water partition coefficient (Wildman–Crippen LogP) is 7.25. The van der Waals surface area contributed by atoms with Gasteiger partial charge >= 0.3 is 12.1 Å². The van der Waals surface area contributed by atoms with E-state index >= 15 is 0 Å². The van der Waals surface area contributed by atoms with Crippen molar-refractivity contribution < 1.29 is 24.5 Å². The molecule has 3 N–H and O–H groups in total.